The molecule has 0 amide bonds. The Bertz CT molecular complexity index is 770. The SMILES string of the molecule is C=COC(=O)c1sc(-c2nc(CC)c(C(=O)OCC)s2)nc1CC.[HH]. The van der Waals surface area contributed by atoms with E-state index in [-0.39, 0.29) is 7.40 Å². The summed E-state index contributed by atoms with van der Waals surface area (Å²) in [6.45, 7) is 9.29. The highest BCUT2D eigenvalue weighted by Crippen LogP contribution is 2.34. The molecule has 6 nitrogen and oxygen atoms in total. The van der Waals surface area contributed by atoms with Gasteiger partial charge in [0.2, 0.25) is 0 Å². The molecular weight excluding hydrogens is 348 g/mol. The Morgan fingerprint density at radius 2 is 1.54 bits per heavy atom. The fourth-order valence-corrected chi connectivity index (χ4v) is 4.11. The molecule has 0 aromatic carbocycles. The molecular formula is C16H20N2O4S2. The first-order valence-corrected chi connectivity index (χ1v) is 9.17. The topological polar surface area (TPSA) is 78.4 Å². The standard InChI is InChI=1S/C16H18N2O4S2.H2/c1-5-9-11(15(19)21-7-3)23-13(17-9)14-18-10(6-2)12(24-14)16(20)22-8-4;/h7H,3,5-6,8H2,1-2,4H3;1H. The third kappa shape index (κ3) is 3.70. The van der Waals surface area contributed by atoms with Gasteiger partial charge in [-0.25, -0.2) is 19.6 Å². The molecule has 0 spiro atoms. The van der Waals surface area contributed by atoms with Crippen LogP contribution in [0.4, 0.5) is 0 Å². The number of rotatable bonds is 7. The molecule has 2 aromatic rings. The molecule has 0 unspecified atom stereocenters. The normalized spacial score (nSPS) is 10.5. The van der Waals surface area contributed by atoms with Crippen molar-refractivity contribution < 1.29 is 20.5 Å². The fraction of sp³-hybridized carbons (Fsp3) is 0.375. The third-order valence-corrected chi connectivity index (χ3v) is 5.38. The molecule has 0 saturated carbocycles. The lowest BCUT2D eigenvalue weighted by Crippen LogP contribution is -2.05. The van der Waals surface area contributed by atoms with Crippen LogP contribution >= 0.6 is 22.7 Å². The lowest BCUT2D eigenvalue weighted by Gasteiger charge is -1.99. The predicted molar refractivity (Wildman–Crippen MR) is 95.7 cm³/mol. The molecule has 130 valence electrons. The summed E-state index contributed by atoms with van der Waals surface area (Å²) in [5, 5.41) is 1.20. The van der Waals surface area contributed by atoms with Crippen LogP contribution in [0.5, 0.6) is 0 Å². The number of hydrogen-bond acceptors (Lipinski definition) is 8. The van der Waals surface area contributed by atoms with Crippen LogP contribution in [0.25, 0.3) is 10.0 Å². The average molecular weight is 368 g/mol. The van der Waals surface area contributed by atoms with E-state index in [4.69, 9.17) is 9.47 Å². The van der Waals surface area contributed by atoms with Crippen molar-refractivity contribution in [2.75, 3.05) is 6.61 Å². The molecule has 0 N–H and O–H groups in total. The van der Waals surface area contributed by atoms with Crippen molar-refractivity contribution in [2.45, 2.75) is 33.6 Å². The quantitative estimate of drug-likeness (QED) is 0.540. The van der Waals surface area contributed by atoms with Crippen molar-refractivity contribution in [1.29, 1.82) is 0 Å². The van der Waals surface area contributed by atoms with Gasteiger partial charge in [0.15, 0.2) is 10.0 Å². The minimum Gasteiger partial charge on any atom is -0.462 e. The van der Waals surface area contributed by atoms with Crippen molar-refractivity contribution in [2.24, 2.45) is 0 Å². The van der Waals surface area contributed by atoms with Crippen molar-refractivity contribution in [1.82, 2.24) is 9.97 Å². The van der Waals surface area contributed by atoms with Crippen LogP contribution in [0, 0.1) is 0 Å². The summed E-state index contributed by atoms with van der Waals surface area (Å²) in [4.78, 5) is 33.9. The summed E-state index contributed by atoms with van der Waals surface area (Å²) < 4.78 is 9.91. The molecule has 0 radical (unpaired) electrons. The van der Waals surface area contributed by atoms with E-state index in [1.165, 1.54) is 22.7 Å². The lowest BCUT2D eigenvalue weighted by molar-refractivity contribution is 0.0530. The van der Waals surface area contributed by atoms with Gasteiger partial charge in [0.25, 0.3) is 0 Å². The minimum atomic E-state index is -0.483. The highest BCUT2D eigenvalue weighted by atomic mass is 32.1. The van der Waals surface area contributed by atoms with Crippen LogP contribution in [0.3, 0.4) is 0 Å². The minimum absolute atomic E-state index is 0. The van der Waals surface area contributed by atoms with E-state index in [9.17, 15) is 9.59 Å². The molecule has 2 aromatic heterocycles. The van der Waals surface area contributed by atoms with Gasteiger partial charge in [-0.15, -0.1) is 22.7 Å². The molecule has 0 atom stereocenters. The summed E-state index contributed by atoms with van der Waals surface area (Å²) in [5.41, 5.74) is 1.32. The van der Waals surface area contributed by atoms with E-state index in [0.717, 1.165) is 6.26 Å². The Balaban J connectivity index is 0.00000312. The van der Waals surface area contributed by atoms with Crippen molar-refractivity contribution in [3.05, 3.63) is 34.0 Å². The maximum atomic E-state index is 12.0. The Hall–Kier alpha value is -2.06. The number of carbonyl (C=O) groups is 2. The molecule has 24 heavy (non-hydrogen) atoms. The number of nitrogens with zero attached hydrogens (tertiary/aromatic N) is 2. The second kappa shape index (κ2) is 8.16. The zero-order chi connectivity index (χ0) is 17.7. The Morgan fingerprint density at radius 1 is 1.04 bits per heavy atom. The Kier molecular flexibility index (Phi) is 6.22. The molecule has 0 aliphatic rings. The van der Waals surface area contributed by atoms with Crippen LogP contribution in [-0.4, -0.2) is 28.5 Å². The van der Waals surface area contributed by atoms with Gasteiger partial charge in [-0.2, -0.15) is 0 Å². The summed E-state index contributed by atoms with van der Waals surface area (Å²) in [6, 6.07) is 0. The van der Waals surface area contributed by atoms with Crippen molar-refractivity contribution >= 4 is 34.6 Å². The number of aryl methyl sites for hydroxylation is 2. The van der Waals surface area contributed by atoms with Gasteiger partial charge < -0.3 is 9.47 Å². The first-order valence-electron chi connectivity index (χ1n) is 7.54. The van der Waals surface area contributed by atoms with Crippen LogP contribution in [0.1, 0.15) is 52.9 Å². The van der Waals surface area contributed by atoms with Gasteiger partial charge in [0.1, 0.15) is 9.75 Å². The summed E-state index contributed by atoms with van der Waals surface area (Å²) in [5.74, 6) is -0.861. The first kappa shape index (κ1) is 18.3. The molecule has 0 bridgehead atoms. The third-order valence-electron chi connectivity index (χ3n) is 3.08. The first-order chi connectivity index (χ1) is 11.5. The van der Waals surface area contributed by atoms with Gasteiger partial charge in [-0.05, 0) is 19.8 Å². The van der Waals surface area contributed by atoms with Crippen LogP contribution in [0.15, 0.2) is 12.8 Å². The molecule has 0 aliphatic carbocycles. The zero-order valence-corrected chi connectivity index (χ0v) is 15.4. The second-order valence-corrected chi connectivity index (χ2v) is 6.59. The van der Waals surface area contributed by atoms with Gasteiger partial charge in [-0.3, -0.25) is 0 Å². The molecule has 8 heteroatoms. The van der Waals surface area contributed by atoms with Gasteiger partial charge in [0.05, 0.1) is 24.3 Å². The Morgan fingerprint density at radius 3 is 1.96 bits per heavy atom. The number of aromatic nitrogens is 2. The molecule has 2 heterocycles. The van der Waals surface area contributed by atoms with Gasteiger partial charge >= 0.3 is 11.9 Å². The highest BCUT2D eigenvalue weighted by molar-refractivity contribution is 7.23. The average Bonchev–Trinajstić information content (AvgIpc) is 3.19. The van der Waals surface area contributed by atoms with E-state index in [1.54, 1.807) is 6.92 Å². The van der Waals surface area contributed by atoms with Crippen LogP contribution < -0.4 is 0 Å². The maximum Gasteiger partial charge on any atom is 0.355 e. The monoisotopic (exact) mass is 368 g/mol. The fourth-order valence-electron chi connectivity index (χ4n) is 2.01. The summed E-state index contributed by atoms with van der Waals surface area (Å²) in [6.07, 6.45) is 2.30. The smallest absolute Gasteiger partial charge is 0.355 e. The molecule has 0 fully saturated rings. The second-order valence-electron chi connectivity index (χ2n) is 4.59. The highest BCUT2D eigenvalue weighted by Gasteiger charge is 2.23. The number of thiazole rings is 2. The number of hydrogen-bond donors (Lipinski definition) is 0. The van der Waals surface area contributed by atoms with E-state index in [1.807, 2.05) is 13.8 Å². The number of ether oxygens (including phenoxy) is 2. The number of carbonyl (C=O) groups excluding carboxylic acids is 2. The van der Waals surface area contributed by atoms with Gasteiger partial charge in [0, 0.05) is 1.43 Å². The Labute approximate surface area is 149 Å². The zero-order valence-electron chi connectivity index (χ0n) is 13.7. The van der Waals surface area contributed by atoms with E-state index in [2.05, 4.69) is 16.5 Å². The van der Waals surface area contributed by atoms with Crippen molar-refractivity contribution in [3.8, 4) is 10.0 Å². The number of esters is 2. The van der Waals surface area contributed by atoms with E-state index >= 15 is 0 Å². The van der Waals surface area contributed by atoms with Crippen molar-refractivity contribution in [3.63, 3.8) is 0 Å². The molecule has 0 saturated heterocycles. The maximum absolute atomic E-state index is 12.0. The van der Waals surface area contributed by atoms with Crippen LogP contribution in [0.2, 0.25) is 0 Å². The summed E-state index contributed by atoms with van der Waals surface area (Å²) in [7, 11) is 0. The van der Waals surface area contributed by atoms with E-state index in [0.29, 0.717) is 50.6 Å². The van der Waals surface area contributed by atoms with Gasteiger partial charge in [-0.1, -0.05) is 20.4 Å². The van der Waals surface area contributed by atoms with E-state index < -0.39 is 5.97 Å². The predicted octanol–water partition coefficient (Wildman–Crippen LogP) is 4.11. The molecule has 2 rings (SSSR count). The largest absolute Gasteiger partial charge is 0.462 e. The lowest BCUT2D eigenvalue weighted by atomic mass is 10.3. The van der Waals surface area contributed by atoms with Crippen LogP contribution in [-0.2, 0) is 22.3 Å². The molecule has 0 aliphatic heterocycles. The summed E-state index contributed by atoms with van der Waals surface area (Å²) >= 11 is 2.44.